The number of rotatable bonds is 3. The van der Waals surface area contributed by atoms with Gasteiger partial charge in [-0.25, -0.2) is 9.78 Å². The second-order valence-electron chi connectivity index (χ2n) is 6.92. The summed E-state index contributed by atoms with van der Waals surface area (Å²) in [5.41, 5.74) is 1.95. The van der Waals surface area contributed by atoms with Gasteiger partial charge in [-0.05, 0) is 49.9 Å². The fourth-order valence-corrected chi connectivity index (χ4v) is 3.93. The first-order chi connectivity index (χ1) is 12.2. The minimum absolute atomic E-state index is 0.0422. The van der Waals surface area contributed by atoms with Gasteiger partial charge >= 0.3 is 6.03 Å². The van der Waals surface area contributed by atoms with Gasteiger partial charge in [-0.3, -0.25) is 0 Å². The van der Waals surface area contributed by atoms with Crippen molar-refractivity contribution in [1.82, 2.24) is 14.5 Å². The summed E-state index contributed by atoms with van der Waals surface area (Å²) < 4.78 is 2.10. The molecule has 0 aliphatic carbocycles. The van der Waals surface area contributed by atoms with Crippen molar-refractivity contribution in [3.05, 3.63) is 42.4 Å². The maximum atomic E-state index is 12.7. The average Bonchev–Trinajstić information content (AvgIpc) is 3.36. The van der Waals surface area contributed by atoms with Gasteiger partial charge in [0.2, 0.25) is 0 Å². The molecule has 0 aromatic carbocycles. The Morgan fingerprint density at radius 2 is 2.00 bits per heavy atom. The third-order valence-electron chi connectivity index (χ3n) is 5.27. The molecule has 2 aromatic heterocycles. The number of hydrogen-bond acceptors (Lipinski definition) is 3. The van der Waals surface area contributed by atoms with Gasteiger partial charge in [0.25, 0.3) is 0 Å². The van der Waals surface area contributed by atoms with Gasteiger partial charge in [-0.2, -0.15) is 0 Å². The summed E-state index contributed by atoms with van der Waals surface area (Å²) in [5, 5.41) is 3.01. The van der Waals surface area contributed by atoms with Crippen molar-refractivity contribution in [2.24, 2.45) is 7.05 Å². The van der Waals surface area contributed by atoms with Crippen LogP contribution in [-0.4, -0.2) is 40.1 Å². The average molecular weight is 339 g/mol. The predicted molar refractivity (Wildman–Crippen MR) is 98.8 cm³/mol. The van der Waals surface area contributed by atoms with Crippen molar-refractivity contribution in [1.29, 1.82) is 0 Å². The topological polar surface area (TPSA) is 53.4 Å². The quantitative estimate of drug-likeness (QED) is 0.932. The molecule has 25 heavy (non-hydrogen) atoms. The molecule has 132 valence electrons. The zero-order valence-corrected chi connectivity index (χ0v) is 14.7. The Kier molecular flexibility index (Phi) is 4.34. The van der Waals surface area contributed by atoms with Gasteiger partial charge in [0.1, 0.15) is 5.82 Å². The molecule has 0 spiro atoms. The molecule has 0 saturated carbocycles. The van der Waals surface area contributed by atoms with E-state index in [0.29, 0.717) is 0 Å². The van der Waals surface area contributed by atoms with E-state index in [4.69, 9.17) is 0 Å². The van der Waals surface area contributed by atoms with Crippen molar-refractivity contribution >= 4 is 17.5 Å². The van der Waals surface area contributed by atoms with Crippen molar-refractivity contribution in [2.75, 3.05) is 29.9 Å². The smallest absolute Gasteiger partial charge is 0.322 e. The van der Waals surface area contributed by atoms with E-state index in [-0.39, 0.29) is 12.1 Å². The lowest BCUT2D eigenvalue weighted by Crippen LogP contribution is -2.35. The van der Waals surface area contributed by atoms with Gasteiger partial charge in [-0.15, -0.1) is 0 Å². The third-order valence-corrected chi connectivity index (χ3v) is 5.27. The van der Waals surface area contributed by atoms with Crippen LogP contribution in [0.2, 0.25) is 0 Å². The number of carbonyl (C=O) groups is 1. The van der Waals surface area contributed by atoms with Crippen LogP contribution in [0.1, 0.15) is 37.4 Å². The van der Waals surface area contributed by atoms with Gasteiger partial charge in [0.05, 0.1) is 17.9 Å². The minimum atomic E-state index is -0.0422. The maximum Gasteiger partial charge on any atom is 0.322 e. The van der Waals surface area contributed by atoms with Gasteiger partial charge < -0.3 is 19.7 Å². The predicted octanol–water partition coefficient (Wildman–Crippen LogP) is 3.39. The highest BCUT2D eigenvalue weighted by atomic mass is 16.2. The summed E-state index contributed by atoms with van der Waals surface area (Å²) in [4.78, 5) is 21.5. The van der Waals surface area contributed by atoms with E-state index in [1.54, 1.807) is 6.20 Å². The Labute approximate surface area is 148 Å². The number of nitrogens with zero attached hydrogens (tertiary/aromatic N) is 4. The standard InChI is InChI=1S/C19H25N5O/c1-22-10-4-6-16(22)17-7-5-13-24(17)19(25)21-15-8-9-18(20-14-15)23-11-2-3-12-23/h4,6,8-10,14,17H,2-3,5,7,11-13H2,1H3,(H,21,25)/t17-/m1/s1. The molecule has 1 atom stereocenters. The van der Waals surface area contributed by atoms with Crippen molar-refractivity contribution in [2.45, 2.75) is 31.7 Å². The van der Waals surface area contributed by atoms with Gasteiger partial charge in [-0.1, -0.05) is 0 Å². The van der Waals surface area contributed by atoms with E-state index in [1.807, 2.05) is 36.3 Å². The molecule has 6 heteroatoms. The molecule has 0 radical (unpaired) electrons. The molecule has 6 nitrogen and oxygen atoms in total. The number of nitrogens with one attached hydrogen (secondary N) is 1. The first-order valence-corrected chi connectivity index (χ1v) is 9.12. The molecule has 2 aromatic rings. The summed E-state index contributed by atoms with van der Waals surface area (Å²) in [6.07, 6.45) is 8.31. The first-order valence-electron chi connectivity index (χ1n) is 9.12. The van der Waals surface area contributed by atoms with Crippen molar-refractivity contribution in [3.63, 3.8) is 0 Å². The second-order valence-corrected chi connectivity index (χ2v) is 6.92. The number of likely N-dealkylation sites (tertiary alicyclic amines) is 1. The second kappa shape index (κ2) is 6.78. The van der Waals surface area contributed by atoms with E-state index in [1.165, 1.54) is 18.5 Å². The number of hydrogen-bond donors (Lipinski definition) is 1. The van der Waals surface area contributed by atoms with E-state index < -0.39 is 0 Å². The number of amides is 2. The van der Waals surface area contributed by atoms with Crippen LogP contribution in [0.3, 0.4) is 0 Å². The normalized spacial score (nSPS) is 20.3. The maximum absolute atomic E-state index is 12.7. The van der Waals surface area contributed by atoms with Crippen LogP contribution < -0.4 is 10.2 Å². The van der Waals surface area contributed by atoms with Gasteiger partial charge in [0.15, 0.2) is 0 Å². The molecule has 2 aliphatic rings. The zero-order valence-electron chi connectivity index (χ0n) is 14.7. The van der Waals surface area contributed by atoms with Crippen LogP contribution in [0.4, 0.5) is 16.3 Å². The first kappa shape index (κ1) is 16.0. The van der Waals surface area contributed by atoms with Crippen LogP contribution in [0.5, 0.6) is 0 Å². The van der Waals surface area contributed by atoms with Gasteiger partial charge in [0, 0.05) is 38.6 Å². The number of aryl methyl sites for hydroxylation is 1. The third kappa shape index (κ3) is 3.21. The summed E-state index contributed by atoms with van der Waals surface area (Å²) in [6.45, 7) is 2.94. The van der Waals surface area contributed by atoms with E-state index >= 15 is 0 Å². The van der Waals surface area contributed by atoms with E-state index in [0.717, 1.165) is 44.0 Å². The Morgan fingerprint density at radius 1 is 1.16 bits per heavy atom. The Hall–Kier alpha value is -2.50. The number of urea groups is 1. The summed E-state index contributed by atoms with van der Waals surface area (Å²) in [5.74, 6) is 0.998. The van der Waals surface area contributed by atoms with E-state index in [2.05, 4.69) is 25.8 Å². The number of anilines is 2. The van der Waals surface area contributed by atoms with Crippen molar-refractivity contribution < 1.29 is 4.79 Å². The number of carbonyl (C=O) groups excluding carboxylic acids is 1. The number of aromatic nitrogens is 2. The molecule has 2 amide bonds. The Balaban J connectivity index is 1.43. The summed E-state index contributed by atoms with van der Waals surface area (Å²) in [6, 6.07) is 8.19. The lowest BCUT2D eigenvalue weighted by molar-refractivity contribution is 0.205. The van der Waals surface area contributed by atoms with E-state index in [9.17, 15) is 4.79 Å². The lowest BCUT2D eigenvalue weighted by atomic mass is 10.1. The van der Waals surface area contributed by atoms with Crippen LogP contribution >= 0.6 is 0 Å². The minimum Gasteiger partial charge on any atom is -0.357 e. The highest BCUT2D eigenvalue weighted by Crippen LogP contribution is 2.32. The molecule has 2 saturated heterocycles. The fraction of sp³-hybridized carbons (Fsp3) is 0.474. The Bertz CT molecular complexity index is 733. The monoisotopic (exact) mass is 339 g/mol. The largest absolute Gasteiger partial charge is 0.357 e. The summed E-state index contributed by atoms with van der Waals surface area (Å²) in [7, 11) is 2.03. The van der Waals surface area contributed by atoms with Crippen LogP contribution in [-0.2, 0) is 7.05 Å². The Morgan fingerprint density at radius 3 is 2.68 bits per heavy atom. The highest BCUT2D eigenvalue weighted by molar-refractivity contribution is 5.89. The van der Waals surface area contributed by atoms with Crippen LogP contribution in [0.25, 0.3) is 0 Å². The molecule has 4 heterocycles. The molecule has 2 aliphatic heterocycles. The lowest BCUT2D eigenvalue weighted by Gasteiger charge is -2.25. The molecule has 1 N–H and O–H groups in total. The zero-order chi connectivity index (χ0) is 17.2. The number of pyridine rings is 1. The van der Waals surface area contributed by atoms with Crippen LogP contribution in [0.15, 0.2) is 36.7 Å². The highest BCUT2D eigenvalue weighted by Gasteiger charge is 2.31. The fourth-order valence-electron chi connectivity index (χ4n) is 3.93. The SMILES string of the molecule is Cn1cccc1[C@H]1CCCN1C(=O)Nc1ccc(N2CCCC2)nc1. The molecular weight excluding hydrogens is 314 g/mol. The molecule has 0 bridgehead atoms. The molecule has 2 fully saturated rings. The molecular formula is C19H25N5O. The van der Waals surface area contributed by atoms with Crippen molar-refractivity contribution in [3.8, 4) is 0 Å². The van der Waals surface area contributed by atoms with Crippen LogP contribution in [0, 0.1) is 0 Å². The molecule has 4 rings (SSSR count). The summed E-state index contributed by atoms with van der Waals surface area (Å²) >= 11 is 0. The molecule has 0 unspecified atom stereocenters.